The van der Waals surface area contributed by atoms with E-state index in [-0.39, 0.29) is 11.9 Å². The molecule has 0 amide bonds. The van der Waals surface area contributed by atoms with Crippen LogP contribution in [0.15, 0.2) is 40.9 Å². The number of aromatic hydroxyl groups is 1. The molecule has 0 bridgehead atoms. The largest absolute Gasteiger partial charge is 0.504 e. The fourth-order valence-electron chi connectivity index (χ4n) is 2.53. The molecule has 0 radical (unpaired) electrons. The van der Waals surface area contributed by atoms with E-state index in [4.69, 9.17) is 9.47 Å². The van der Waals surface area contributed by atoms with Gasteiger partial charge in [-0.05, 0) is 29.8 Å². The Hall–Kier alpha value is -1.72. The summed E-state index contributed by atoms with van der Waals surface area (Å²) in [6.45, 7) is 0. The third-order valence-corrected chi connectivity index (χ3v) is 4.11. The number of rotatable bonds is 2. The molecule has 0 fully saturated rings. The van der Waals surface area contributed by atoms with Crippen molar-refractivity contribution in [1.29, 1.82) is 0 Å². The lowest BCUT2D eigenvalue weighted by atomic mass is 9.95. The number of methoxy groups -OCH3 is 1. The molecule has 110 valence electrons. The van der Waals surface area contributed by atoms with Crippen molar-refractivity contribution in [2.24, 2.45) is 0 Å². The molecule has 0 saturated carbocycles. The summed E-state index contributed by atoms with van der Waals surface area (Å²) < 4.78 is 11.9. The highest BCUT2D eigenvalue weighted by Gasteiger charge is 2.28. The Morgan fingerprint density at radius 2 is 2.05 bits per heavy atom. The first kappa shape index (κ1) is 14.2. The zero-order valence-electron chi connectivity index (χ0n) is 11.4. The van der Waals surface area contributed by atoms with Gasteiger partial charge in [0, 0.05) is 16.5 Å². The standard InChI is InChI=1S/C16H15BrO4/c1-20-14-5-2-9(6-13(14)19)15-8-12(18)11-4-3-10(17)7-16(11)21-15/h2-7,12,15,18-19H,8H2,1H3/t12-,15?/m0/s1. The van der Waals surface area contributed by atoms with Crippen LogP contribution in [0, 0.1) is 0 Å². The van der Waals surface area contributed by atoms with Gasteiger partial charge < -0.3 is 19.7 Å². The smallest absolute Gasteiger partial charge is 0.160 e. The fraction of sp³-hybridized carbons (Fsp3) is 0.250. The highest BCUT2D eigenvalue weighted by atomic mass is 79.9. The Kier molecular flexibility index (Phi) is 3.78. The van der Waals surface area contributed by atoms with Gasteiger partial charge in [-0.2, -0.15) is 0 Å². The normalized spacial score (nSPS) is 20.5. The van der Waals surface area contributed by atoms with E-state index < -0.39 is 6.10 Å². The molecule has 5 heteroatoms. The first-order valence-corrected chi connectivity index (χ1v) is 7.39. The van der Waals surface area contributed by atoms with Crippen LogP contribution in [0.1, 0.15) is 29.8 Å². The average molecular weight is 351 g/mol. The summed E-state index contributed by atoms with van der Waals surface area (Å²) in [5.41, 5.74) is 1.59. The summed E-state index contributed by atoms with van der Waals surface area (Å²) in [7, 11) is 1.50. The molecule has 1 aliphatic rings. The lowest BCUT2D eigenvalue weighted by molar-refractivity contribution is 0.0655. The maximum absolute atomic E-state index is 10.3. The Balaban J connectivity index is 1.93. The number of aliphatic hydroxyl groups excluding tert-OH is 1. The van der Waals surface area contributed by atoms with Gasteiger partial charge in [0.2, 0.25) is 0 Å². The lowest BCUT2D eigenvalue weighted by Gasteiger charge is -2.30. The van der Waals surface area contributed by atoms with Gasteiger partial charge in [-0.3, -0.25) is 0 Å². The SMILES string of the molecule is COc1ccc(C2C[C@H](O)c3ccc(Br)cc3O2)cc1O. The number of phenols is 1. The van der Waals surface area contributed by atoms with Gasteiger partial charge in [0.15, 0.2) is 11.5 Å². The molecule has 1 heterocycles. The van der Waals surface area contributed by atoms with Crippen molar-refractivity contribution in [2.45, 2.75) is 18.6 Å². The Morgan fingerprint density at radius 1 is 1.24 bits per heavy atom. The van der Waals surface area contributed by atoms with Crippen molar-refractivity contribution in [3.8, 4) is 17.2 Å². The molecule has 0 aromatic heterocycles. The summed E-state index contributed by atoms with van der Waals surface area (Å²) in [4.78, 5) is 0. The number of benzene rings is 2. The predicted octanol–water partition coefficient (Wildman–Crippen LogP) is 3.72. The van der Waals surface area contributed by atoms with Gasteiger partial charge in [-0.15, -0.1) is 0 Å². The molecule has 4 nitrogen and oxygen atoms in total. The predicted molar refractivity (Wildman–Crippen MR) is 81.7 cm³/mol. The number of aliphatic hydroxyl groups is 1. The zero-order valence-corrected chi connectivity index (χ0v) is 13.0. The van der Waals surface area contributed by atoms with Crippen LogP contribution in [0.3, 0.4) is 0 Å². The van der Waals surface area contributed by atoms with E-state index >= 15 is 0 Å². The number of fused-ring (bicyclic) bond motifs is 1. The molecule has 3 rings (SSSR count). The first-order valence-electron chi connectivity index (χ1n) is 6.59. The average Bonchev–Trinajstić information content (AvgIpc) is 2.46. The van der Waals surface area contributed by atoms with Crippen LogP contribution in [0.2, 0.25) is 0 Å². The van der Waals surface area contributed by atoms with Crippen LogP contribution >= 0.6 is 15.9 Å². The maximum Gasteiger partial charge on any atom is 0.160 e. The molecule has 0 saturated heterocycles. The molecular formula is C16H15BrO4. The van der Waals surface area contributed by atoms with Crippen molar-refractivity contribution in [2.75, 3.05) is 7.11 Å². The highest BCUT2D eigenvalue weighted by molar-refractivity contribution is 9.10. The molecular weight excluding hydrogens is 336 g/mol. The molecule has 0 aliphatic carbocycles. The fourth-order valence-corrected chi connectivity index (χ4v) is 2.87. The van der Waals surface area contributed by atoms with Gasteiger partial charge in [-0.1, -0.05) is 28.1 Å². The first-order chi connectivity index (χ1) is 10.1. The second kappa shape index (κ2) is 5.58. The number of phenolic OH excluding ortho intramolecular Hbond substituents is 1. The Bertz CT molecular complexity index is 671. The van der Waals surface area contributed by atoms with E-state index in [1.165, 1.54) is 7.11 Å². The van der Waals surface area contributed by atoms with Crippen LogP contribution in [-0.4, -0.2) is 17.3 Å². The number of halogens is 1. The minimum atomic E-state index is -0.587. The Morgan fingerprint density at radius 3 is 2.76 bits per heavy atom. The van der Waals surface area contributed by atoms with Crippen molar-refractivity contribution in [3.63, 3.8) is 0 Å². The van der Waals surface area contributed by atoms with Gasteiger partial charge in [0.1, 0.15) is 11.9 Å². The third kappa shape index (κ3) is 2.71. The van der Waals surface area contributed by atoms with E-state index in [2.05, 4.69) is 15.9 Å². The molecule has 2 aromatic rings. The summed E-state index contributed by atoms with van der Waals surface area (Å²) in [6, 6.07) is 10.7. The molecule has 1 aliphatic heterocycles. The van der Waals surface area contributed by atoms with E-state index in [1.807, 2.05) is 24.3 Å². The van der Waals surface area contributed by atoms with E-state index in [9.17, 15) is 10.2 Å². The lowest BCUT2D eigenvalue weighted by Crippen LogP contribution is -2.19. The van der Waals surface area contributed by atoms with E-state index in [0.29, 0.717) is 17.9 Å². The molecule has 2 N–H and O–H groups in total. The second-order valence-corrected chi connectivity index (χ2v) is 5.89. The topological polar surface area (TPSA) is 58.9 Å². The van der Waals surface area contributed by atoms with Crippen LogP contribution in [0.25, 0.3) is 0 Å². The van der Waals surface area contributed by atoms with Crippen LogP contribution < -0.4 is 9.47 Å². The van der Waals surface area contributed by atoms with Crippen molar-refractivity contribution in [1.82, 2.24) is 0 Å². The van der Waals surface area contributed by atoms with Gasteiger partial charge in [0.25, 0.3) is 0 Å². The maximum atomic E-state index is 10.3. The van der Waals surface area contributed by atoms with Crippen LogP contribution in [0.4, 0.5) is 0 Å². The molecule has 21 heavy (non-hydrogen) atoms. The molecule has 2 aromatic carbocycles. The minimum absolute atomic E-state index is 0.0631. The molecule has 0 spiro atoms. The summed E-state index contributed by atoms with van der Waals surface area (Å²) in [5, 5.41) is 20.1. The quantitative estimate of drug-likeness (QED) is 0.866. The second-order valence-electron chi connectivity index (χ2n) is 4.97. The van der Waals surface area contributed by atoms with Crippen molar-refractivity contribution in [3.05, 3.63) is 52.0 Å². The van der Waals surface area contributed by atoms with E-state index in [0.717, 1.165) is 15.6 Å². The van der Waals surface area contributed by atoms with Crippen molar-refractivity contribution >= 4 is 15.9 Å². The Labute approximate surface area is 131 Å². The minimum Gasteiger partial charge on any atom is -0.504 e. The molecule has 2 atom stereocenters. The van der Waals surface area contributed by atoms with E-state index in [1.54, 1.807) is 12.1 Å². The zero-order chi connectivity index (χ0) is 15.0. The van der Waals surface area contributed by atoms with Gasteiger partial charge in [-0.25, -0.2) is 0 Å². The van der Waals surface area contributed by atoms with Crippen LogP contribution in [0.5, 0.6) is 17.2 Å². The third-order valence-electron chi connectivity index (χ3n) is 3.62. The summed E-state index contributed by atoms with van der Waals surface area (Å²) >= 11 is 3.40. The number of hydrogen-bond acceptors (Lipinski definition) is 4. The van der Waals surface area contributed by atoms with Gasteiger partial charge >= 0.3 is 0 Å². The summed E-state index contributed by atoms with van der Waals surface area (Å²) in [5.74, 6) is 1.13. The number of hydrogen-bond donors (Lipinski definition) is 2. The monoisotopic (exact) mass is 350 g/mol. The highest BCUT2D eigenvalue weighted by Crippen LogP contribution is 2.43. The van der Waals surface area contributed by atoms with Crippen LogP contribution in [-0.2, 0) is 0 Å². The van der Waals surface area contributed by atoms with Crippen molar-refractivity contribution < 1.29 is 19.7 Å². The molecule has 1 unspecified atom stereocenters. The van der Waals surface area contributed by atoms with Gasteiger partial charge in [0.05, 0.1) is 13.2 Å². The number of ether oxygens (including phenoxy) is 2. The summed E-state index contributed by atoms with van der Waals surface area (Å²) in [6.07, 6.45) is -0.449.